The van der Waals surface area contributed by atoms with Crippen molar-refractivity contribution < 1.29 is 0 Å². The average molecular weight is 261 g/mol. The molecule has 1 aliphatic rings. The van der Waals surface area contributed by atoms with E-state index in [9.17, 15) is 0 Å². The Labute approximate surface area is 117 Å². The lowest BCUT2D eigenvalue weighted by Gasteiger charge is -2.31. The van der Waals surface area contributed by atoms with Crippen LogP contribution < -0.4 is 10.6 Å². The molecule has 3 nitrogen and oxygen atoms in total. The van der Waals surface area contributed by atoms with Crippen LogP contribution in [0.25, 0.3) is 0 Å². The van der Waals surface area contributed by atoms with Crippen molar-refractivity contribution in [2.45, 2.75) is 65.5 Å². The Morgan fingerprint density at radius 2 is 2.05 bits per heavy atom. The van der Waals surface area contributed by atoms with Gasteiger partial charge in [0.05, 0.1) is 0 Å². The highest BCUT2D eigenvalue weighted by Crippen LogP contribution is 2.27. The molecule has 1 heterocycles. The third-order valence-corrected chi connectivity index (χ3v) is 3.94. The number of pyridine rings is 1. The van der Waals surface area contributed by atoms with E-state index in [4.69, 9.17) is 10.7 Å². The summed E-state index contributed by atoms with van der Waals surface area (Å²) < 4.78 is 0. The van der Waals surface area contributed by atoms with Gasteiger partial charge in [-0.3, -0.25) is 0 Å². The van der Waals surface area contributed by atoms with E-state index in [2.05, 4.69) is 31.7 Å². The molecule has 0 aliphatic heterocycles. The summed E-state index contributed by atoms with van der Waals surface area (Å²) in [5.74, 6) is 1.13. The topological polar surface area (TPSA) is 42.2 Å². The number of hydrogen-bond acceptors (Lipinski definition) is 3. The molecule has 2 N–H and O–H groups in total. The maximum absolute atomic E-state index is 5.95. The molecule has 1 aromatic rings. The standard InChI is InChI=1S/C16H27N3/c1-4-9-19(12(2)3)16-14(11-17)10-13-7-5-6-8-15(13)18-16/h10,12H,4-9,11,17H2,1-3H3. The molecule has 2 rings (SSSR count). The van der Waals surface area contributed by atoms with Gasteiger partial charge in [0.15, 0.2) is 0 Å². The quantitative estimate of drug-likeness (QED) is 0.886. The van der Waals surface area contributed by atoms with Crippen LogP contribution in [0.4, 0.5) is 5.82 Å². The predicted octanol–water partition coefficient (Wildman–Crippen LogP) is 3.04. The largest absolute Gasteiger partial charge is 0.354 e. The Balaban J connectivity index is 2.41. The highest BCUT2D eigenvalue weighted by molar-refractivity contribution is 5.51. The van der Waals surface area contributed by atoms with Crippen LogP contribution in [0.15, 0.2) is 6.07 Å². The zero-order valence-electron chi connectivity index (χ0n) is 12.6. The van der Waals surface area contributed by atoms with Gasteiger partial charge < -0.3 is 10.6 Å². The molecule has 0 fully saturated rings. The number of rotatable bonds is 5. The Hall–Kier alpha value is -1.09. The van der Waals surface area contributed by atoms with Crippen LogP contribution >= 0.6 is 0 Å². The smallest absolute Gasteiger partial charge is 0.133 e. The second kappa shape index (κ2) is 6.38. The van der Waals surface area contributed by atoms with E-state index in [0.29, 0.717) is 12.6 Å². The second-order valence-corrected chi connectivity index (χ2v) is 5.78. The minimum atomic E-state index is 0.472. The highest BCUT2D eigenvalue weighted by atomic mass is 15.2. The Morgan fingerprint density at radius 1 is 1.32 bits per heavy atom. The molecule has 0 bridgehead atoms. The van der Waals surface area contributed by atoms with Gasteiger partial charge >= 0.3 is 0 Å². The zero-order valence-corrected chi connectivity index (χ0v) is 12.6. The van der Waals surface area contributed by atoms with Crippen molar-refractivity contribution in [3.05, 3.63) is 22.9 Å². The Bertz CT molecular complexity index is 426. The summed E-state index contributed by atoms with van der Waals surface area (Å²) in [6.07, 6.45) is 6.01. The van der Waals surface area contributed by atoms with Gasteiger partial charge in [0.25, 0.3) is 0 Å². The van der Waals surface area contributed by atoms with E-state index in [1.54, 1.807) is 0 Å². The Morgan fingerprint density at radius 3 is 2.68 bits per heavy atom. The second-order valence-electron chi connectivity index (χ2n) is 5.78. The SMILES string of the molecule is CCCN(c1nc2c(cc1CN)CCCC2)C(C)C. The summed E-state index contributed by atoms with van der Waals surface area (Å²) in [6.45, 7) is 8.32. The molecule has 1 aliphatic carbocycles. The molecule has 1 aromatic heterocycles. The summed E-state index contributed by atoms with van der Waals surface area (Å²) in [6, 6.07) is 2.78. The monoisotopic (exact) mass is 261 g/mol. The van der Waals surface area contributed by atoms with Crippen LogP contribution in [0.2, 0.25) is 0 Å². The van der Waals surface area contributed by atoms with Crippen molar-refractivity contribution in [3.63, 3.8) is 0 Å². The van der Waals surface area contributed by atoms with Gasteiger partial charge in [0.2, 0.25) is 0 Å². The number of hydrogen-bond donors (Lipinski definition) is 1. The van der Waals surface area contributed by atoms with Crippen molar-refractivity contribution >= 4 is 5.82 Å². The number of nitrogens with zero attached hydrogens (tertiary/aromatic N) is 2. The number of nitrogens with two attached hydrogens (primary N) is 1. The molecule has 0 aromatic carbocycles. The van der Waals surface area contributed by atoms with Crippen LogP contribution in [0.5, 0.6) is 0 Å². The maximum atomic E-state index is 5.95. The van der Waals surface area contributed by atoms with Gasteiger partial charge in [-0.2, -0.15) is 0 Å². The highest BCUT2D eigenvalue weighted by Gasteiger charge is 2.19. The lowest BCUT2D eigenvalue weighted by Crippen LogP contribution is -2.34. The third kappa shape index (κ3) is 3.08. The van der Waals surface area contributed by atoms with Gasteiger partial charge in [-0.05, 0) is 57.6 Å². The van der Waals surface area contributed by atoms with Crippen LogP contribution in [0, 0.1) is 0 Å². The van der Waals surface area contributed by atoms with Crippen molar-refractivity contribution in [2.75, 3.05) is 11.4 Å². The first kappa shape index (κ1) is 14.3. The first-order valence-corrected chi connectivity index (χ1v) is 7.65. The van der Waals surface area contributed by atoms with E-state index in [1.165, 1.54) is 36.1 Å². The van der Waals surface area contributed by atoms with Crippen LogP contribution in [-0.4, -0.2) is 17.6 Å². The summed E-state index contributed by atoms with van der Waals surface area (Å²) in [4.78, 5) is 7.37. The summed E-state index contributed by atoms with van der Waals surface area (Å²) in [5.41, 5.74) is 9.89. The lowest BCUT2D eigenvalue weighted by molar-refractivity contribution is 0.636. The van der Waals surface area contributed by atoms with Crippen molar-refractivity contribution in [1.29, 1.82) is 0 Å². The summed E-state index contributed by atoms with van der Waals surface area (Å²) in [5, 5.41) is 0. The van der Waals surface area contributed by atoms with Gasteiger partial charge in [0, 0.05) is 30.4 Å². The molecule has 3 heteroatoms. The molecule has 0 amide bonds. The first-order valence-electron chi connectivity index (χ1n) is 7.65. The van der Waals surface area contributed by atoms with Gasteiger partial charge in [-0.1, -0.05) is 6.92 Å². The summed E-state index contributed by atoms with van der Waals surface area (Å²) in [7, 11) is 0. The number of aromatic nitrogens is 1. The van der Waals surface area contributed by atoms with E-state index < -0.39 is 0 Å². The molecule has 0 radical (unpaired) electrons. The lowest BCUT2D eigenvalue weighted by atomic mass is 9.94. The minimum absolute atomic E-state index is 0.472. The minimum Gasteiger partial charge on any atom is -0.354 e. The van der Waals surface area contributed by atoms with Crippen LogP contribution in [0.3, 0.4) is 0 Å². The molecule has 0 spiro atoms. The van der Waals surface area contributed by atoms with Crippen LogP contribution in [-0.2, 0) is 19.4 Å². The normalized spacial score (nSPS) is 14.6. The average Bonchev–Trinajstić information content (AvgIpc) is 2.43. The van der Waals surface area contributed by atoms with Crippen LogP contribution in [0.1, 0.15) is 56.9 Å². The molecule has 0 saturated carbocycles. The fraction of sp³-hybridized carbons (Fsp3) is 0.688. The van der Waals surface area contributed by atoms with E-state index in [0.717, 1.165) is 25.2 Å². The number of anilines is 1. The molecule has 0 atom stereocenters. The van der Waals surface area contributed by atoms with E-state index >= 15 is 0 Å². The fourth-order valence-corrected chi connectivity index (χ4v) is 2.92. The van der Waals surface area contributed by atoms with E-state index in [1.807, 2.05) is 0 Å². The molecule has 106 valence electrons. The number of fused-ring (bicyclic) bond motifs is 1. The summed E-state index contributed by atoms with van der Waals surface area (Å²) >= 11 is 0. The fourth-order valence-electron chi connectivity index (χ4n) is 2.92. The maximum Gasteiger partial charge on any atom is 0.133 e. The van der Waals surface area contributed by atoms with Crippen molar-refractivity contribution in [2.24, 2.45) is 5.73 Å². The van der Waals surface area contributed by atoms with Gasteiger partial charge in [-0.25, -0.2) is 4.98 Å². The third-order valence-electron chi connectivity index (χ3n) is 3.94. The first-order chi connectivity index (χ1) is 9.17. The predicted molar refractivity (Wildman–Crippen MR) is 81.5 cm³/mol. The zero-order chi connectivity index (χ0) is 13.8. The van der Waals surface area contributed by atoms with Gasteiger partial charge in [0.1, 0.15) is 5.82 Å². The van der Waals surface area contributed by atoms with Crippen molar-refractivity contribution in [3.8, 4) is 0 Å². The molecular weight excluding hydrogens is 234 g/mol. The molecular formula is C16H27N3. The molecule has 0 saturated heterocycles. The number of aryl methyl sites for hydroxylation is 2. The molecule has 0 unspecified atom stereocenters. The van der Waals surface area contributed by atoms with Gasteiger partial charge in [-0.15, -0.1) is 0 Å². The molecule has 19 heavy (non-hydrogen) atoms. The van der Waals surface area contributed by atoms with Crippen molar-refractivity contribution in [1.82, 2.24) is 4.98 Å². The Kier molecular flexibility index (Phi) is 4.81. The van der Waals surface area contributed by atoms with E-state index in [-0.39, 0.29) is 0 Å².